The highest BCUT2D eigenvalue weighted by Gasteiger charge is 2.26. The molecule has 1 amide bonds. The molecule has 0 radical (unpaired) electrons. The molecule has 0 atom stereocenters. The molecular weight excluding hydrogens is 326 g/mol. The minimum absolute atomic E-state index is 0.110. The van der Waals surface area contributed by atoms with Crippen molar-refractivity contribution in [2.75, 3.05) is 0 Å². The molecular formula is C21H29N3O2. The number of aryl methyl sites for hydroxylation is 1. The summed E-state index contributed by atoms with van der Waals surface area (Å²) in [5, 5.41) is 8.86. The van der Waals surface area contributed by atoms with Crippen LogP contribution in [0.5, 0.6) is 0 Å². The van der Waals surface area contributed by atoms with Gasteiger partial charge in [0.2, 0.25) is 5.91 Å². The Labute approximate surface area is 154 Å². The van der Waals surface area contributed by atoms with Gasteiger partial charge in [0.15, 0.2) is 0 Å². The molecule has 26 heavy (non-hydrogen) atoms. The van der Waals surface area contributed by atoms with Crippen LogP contribution in [0.25, 0.3) is 10.8 Å². The lowest BCUT2D eigenvalue weighted by atomic mass is 9.79. The maximum absolute atomic E-state index is 12.6. The van der Waals surface area contributed by atoms with Gasteiger partial charge in [-0.25, -0.2) is 4.68 Å². The number of fused-ring (bicyclic) bond motifs is 1. The van der Waals surface area contributed by atoms with Crippen molar-refractivity contribution in [3.8, 4) is 0 Å². The van der Waals surface area contributed by atoms with E-state index in [1.54, 1.807) is 7.05 Å². The number of aromatic nitrogens is 2. The Morgan fingerprint density at radius 3 is 2.58 bits per heavy atom. The summed E-state index contributed by atoms with van der Waals surface area (Å²) in [4.78, 5) is 24.8. The minimum Gasteiger partial charge on any atom is -0.350 e. The van der Waals surface area contributed by atoms with Crippen LogP contribution in [0.1, 0.15) is 57.6 Å². The maximum Gasteiger partial charge on any atom is 0.274 e. The van der Waals surface area contributed by atoms with Gasteiger partial charge in [-0.2, -0.15) is 5.10 Å². The van der Waals surface area contributed by atoms with E-state index in [2.05, 4.69) is 17.3 Å². The average molecular weight is 355 g/mol. The molecule has 0 bridgehead atoms. The summed E-state index contributed by atoms with van der Waals surface area (Å²) in [6, 6.07) is 7.45. The molecule has 1 aliphatic carbocycles. The van der Waals surface area contributed by atoms with Gasteiger partial charge in [-0.1, -0.05) is 44.4 Å². The van der Waals surface area contributed by atoms with E-state index in [1.165, 1.54) is 36.8 Å². The lowest BCUT2D eigenvalue weighted by Gasteiger charge is -2.27. The SMILES string of the molecule is CCCCC1CCC(C(=O)NCc2nn(C)c(=O)c3ccccc23)CC1. The molecule has 1 heterocycles. The van der Waals surface area contributed by atoms with E-state index in [-0.39, 0.29) is 17.4 Å². The van der Waals surface area contributed by atoms with E-state index in [1.807, 2.05) is 24.3 Å². The molecule has 5 heteroatoms. The molecule has 1 saturated carbocycles. The van der Waals surface area contributed by atoms with Gasteiger partial charge in [0.25, 0.3) is 5.56 Å². The number of hydrogen-bond acceptors (Lipinski definition) is 3. The Balaban J connectivity index is 1.61. The topological polar surface area (TPSA) is 64.0 Å². The van der Waals surface area contributed by atoms with Crippen LogP contribution in [0, 0.1) is 11.8 Å². The van der Waals surface area contributed by atoms with Crippen molar-refractivity contribution in [1.82, 2.24) is 15.1 Å². The van der Waals surface area contributed by atoms with Gasteiger partial charge in [-0.3, -0.25) is 9.59 Å². The molecule has 0 aliphatic heterocycles. The van der Waals surface area contributed by atoms with Gasteiger partial charge in [0.1, 0.15) is 0 Å². The number of nitrogens with one attached hydrogen (secondary N) is 1. The first-order valence-corrected chi connectivity index (χ1v) is 9.82. The minimum atomic E-state index is -0.110. The molecule has 3 rings (SSSR count). The van der Waals surface area contributed by atoms with Crippen molar-refractivity contribution in [1.29, 1.82) is 0 Å². The van der Waals surface area contributed by atoms with E-state index >= 15 is 0 Å². The van der Waals surface area contributed by atoms with Crippen molar-refractivity contribution in [2.24, 2.45) is 18.9 Å². The number of benzene rings is 1. The second-order valence-electron chi connectivity index (χ2n) is 7.50. The fourth-order valence-corrected chi connectivity index (χ4v) is 4.03. The summed E-state index contributed by atoms with van der Waals surface area (Å²) < 4.78 is 1.35. The second kappa shape index (κ2) is 8.47. The standard InChI is InChI=1S/C21H29N3O2/c1-3-4-7-15-10-12-16(13-11-15)20(25)22-14-19-17-8-5-6-9-18(17)21(26)24(2)23-19/h5-6,8-9,15-16H,3-4,7,10-14H2,1-2H3,(H,22,25). The Kier molecular flexibility index (Phi) is 6.07. The molecule has 5 nitrogen and oxygen atoms in total. The molecule has 1 aromatic heterocycles. The zero-order valence-corrected chi connectivity index (χ0v) is 15.8. The van der Waals surface area contributed by atoms with Crippen molar-refractivity contribution in [2.45, 2.75) is 58.4 Å². The highest BCUT2D eigenvalue weighted by atomic mass is 16.2. The number of carbonyl (C=O) groups excluding carboxylic acids is 1. The van der Waals surface area contributed by atoms with Crippen LogP contribution in [-0.4, -0.2) is 15.7 Å². The highest BCUT2D eigenvalue weighted by molar-refractivity contribution is 5.84. The maximum atomic E-state index is 12.6. The van der Waals surface area contributed by atoms with Gasteiger partial charge < -0.3 is 5.32 Å². The van der Waals surface area contributed by atoms with E-state index in [0.717, 1.165) is 29.8 Å². The van der Waals surface area contributed by atoms with E-state index < -0.39 is 0 Å². The number of nitrogens with zero attached hydrogens (tertiary/aromatic N) is 2. The number of carbonyl (C=O) groups is 1. The van der Waals surface area contributed by atoms with Crippen LogP contribution in [0.4, 0.5) is 0 Å². The Hall–Kier alpha value is -2.17. The van der Waals surface area contributed by atoms with Gasteiger partial charge in [-0.15, -0.1) is 0 Å². The smallest absolute Gasteiger partial charge is 0.274 e. The van der Waals surface area contributed by atoms with E-state index in [0.29, 0.717) is 11.9 Å². The van der Waals surface area contributed by atoms with E-state index in [4.69, 9.17) is 0 Å². The van der Waals surface area contributed by atoms with Crippen LogP contribution < -0.4 is 10.9 Å². The van der Waals surface area contributed by atoms with Crippen molar-refractivity contribution in [3.63, 3.8) is 0 Å². The van der Waals surface area contributed by atoms with Crippen molar-refractivity contribution in [3.05, 3.63) is 40.3 Å². The second-order valence-corrected chi connectivity index (χ2v) is 7.50. The molecule has 1 aromatic carbocycles. The highest BCUT2D eigenvalue weighted by Crippen LogP contribution is 2.32. The zero-order valence-electron chi connectivity index (χ0n) is 15.8. The van der Waals surface area contributed by atoms with Crippen LogP contribution in [-0.2, 0) is 18.4 Å². The molecule has 0 spiro atoms. The summed E-state index contributed by atoms with van der Waals surface area (Å²) in [6.45, 7) is 2.60. The Bertz CT molecular complexity index is 820. The molecule has 1 N–H and O–H groups in total. The van der Waals surface area contributed by atoms with Gasteiger partial charge in [0.05, 0.1) is 17.6 Å². The summed E-state index contributed by atoms with van der Waals surface area (Å²) in [7, 11) is 1.65. The van der Waals surface area contributed by atoms with Crippen LogP contribution >= 0.6 is 0 Å². The lowest BCUT2D eigenvalue weighted by molar-refractivity contribution is -0.126. The molecule has 140 valence electrons. The fraction of sp³-hybridized carbons (Fsp3) is 0.571. The van der Waals surface area contributed by atoms with Crippen molar-refractivity contribution < 1.29 is 4.79 Å². The van der Waals surface area contributed by atoms with Gasteiger partial charge >= 0.3 is 0 Å². The number of unbranched alkanes of at least 4 members (excludes halogenated alkanes) is 1. The molecule has 1 aliphatic rings. The average Bonchev–Trinajstić information content (AvgIpc) is 2.68. The molecule has 1 fully saturated rings. The number of rotatable bonds is 6. The van der Waals surface area contributed by atoms with E-state index in [9.17, 15) is 9.59 Å². The first kappa shape index (κ1) is 18.6. The van der Waals surface area contributed by atoms with Gasteiger partial charge in [-0.05, 0) is 37.7 Å². The zero-order chi connectivity index (χ0) is 18.5. The number of amides is 1. The monoisotopic (exact) mass is 355 g/mol. The first-order chi connectivity index (χ1) is 12.6. The number of hydrogen-bond donors (Lipinski definition) is 1. The third-order valence-electron chi connectivity index (χ3n) is 5.65. The van der Waals surface area contributed by atoms with Crippen LogP contribution in [0.2, 0.25) is 0 Å². The predicted molar refractivity (Wildman–Crippen MR) is 104 cm³/mol. The molecule has 0 saturated heterocycles. The third kappa shape index (κ3) is 4.14. The summed E-state index contributed by atoms with van der Waals surface area (Å²) in [5.41, 5.74) is 0.633. The van der Waals surface area contributed by atoms with Crippen LogP contribution in [0.3, 0.4) is 0 Å². The lowest BCUT2D eigenvalue weighted by Crippen LogP contribution is -2.34. The third-order valence-corrected chi connectivity index (χ3v) is 5.65. The summed E-state index contributed by atoms with van der Waals surface area (Å²) in [5.74, 6) is 1.04. The first-order valence-electron chi connectivity index (χ1n) is 9.82. The van der Waals surface area contributed by atoms with Crippen molar-refractivity contribution >= 4 is 16.7 Å². The van der Waals surface area contributed by atoms with Gasteiger partial charge in [0, 0.05) is 18.4 Å². The largest absolute Gasteiger partial charge is 0.350 e. The Morgan fingerprint density at radius 1 is 1.19 bits per heavy atom. The summed E-state index contributed by atoms with van der Waals surface area (Å²) >= 11 is 0. The predicted octanol–water partition coefficient (Wildman–Crippen LogP) is 3.55. The van der Waals surface area contributed by atoms with Crippen LogP contribution in [0.15, 0.2) is 29.1 Å². The molecule has 2 aromatic rings. The Morgan fingerprint density at radius 2 is 1.88 bits per heavy atom. The molecule has 0 unspecified atom stereocenters. The summed E-state index contributed by atoms with van der Waals surface area (Å²) in [6.07, 6.45) is 8.16. The normalized spacial score (nSPS) is 20.2. The fourth-order valence-electron chi connectivity index (χ4n) is 4.03. The quantitative estimate of drug-likeness (QED) is 0.862.